The Balaban J connectivity index is 2.45. The Morgan fingerprint density at radius 3 is 2.55 bits per heavy atom. The zero-order valence-electron chi connectivity index (χ0n) is 11.8. The summed E-state index contributed by atoms with van der Waals surface area (Å²) >= 11 is 0. The topological polar surface area (TPSA) is 26.3 Å². The average Bonchev–Trinajstić information content (AvgIpc) is 2.38. The lowest BCUT2D eigenvalue weighted by Crippen LogP contribution is -2.05. The van der Waals surface area contributed by atoms with E-state index < -0.39 is 0 Å². The van der Waals surface area contributed by atoms with E-state index in [1.807, 2.05) is 26.0 Å². The lowest BCUT2D eigenvalue weighted by Gasteiger charge is -2.11. The van der Waals surface area contributed by atoms with E-state index in [2.05, 4.69) is 0 Å². The molecule has 0 aliphatic rings. The van der Waals surface area contributed by atoms with Crippen molar-refractivity contribution in [1.82, 2.24) is 0 Å². The van der Waals surface area contributed by atoms with Crippen molar-refractivity contribution in [3.05, 3.63) is 53.8 Å². The van der Waals surface area contributed by atoms with Crippen LogP contribution >= 0.6 is 0 Å². The minimum atomic E-state index is -0.350. The third-order valence-electron chi connectivity index (χ3n) is 2.89. The summed E-state index contributed by atoms with van der Waals surface area (Å²) in [4.78, 5) is 11.4. The number of ketones is 1. The predicted molar refractivity (Wildman–Crippen MR) is 77.6 cm³/mol. The molecule has 0 fully saturated rings. The molecule has 0 atom stereocenters. The maximum absolute atomic E-state index is 14.0. The number of ether oxygens (including phenoxy) is 1. The smallest absolute Gasteiger partial charge is 0.159 e. The van der Waals surface area contributed by atoms with Gasteiger partial charge in [-0.2, -0.15) is 0 Å². The number of hydrogen-bond donors (Lipinski definition) is 0. The Hall–Kier alpha value is -2.16. The van der Waals surface area contributed by atoms with Gasteiger partial charge in [0.25, 0.3) is 0 Å². The molecule has 20 heavy (non-hydrogen) atoms. The Kier molecular flexibility index (Phi) is 4.18. The molecule has 2 aromatic carbocycles. The van der Waals surface area contributed by atoms with Crippen LogP contribution in [0.15, 0.2) is 42.5 Å². The van der Waals surface area contributed by atoms with Crippen LogP contribution < -0.4 is 4.74 Å². The van der Waals surface area contributed by atoms with Gasteiger partial charge in [-0.05, 0) is 56.7 Å². The second-order valence-electron chi connectivity index (χ2n) is 4.95. The molecule has 0 aliphatic heterocycles. The van der Waals surface area contributed by atoms with Crippen LogP contribution in [-0.2, 0) is 0 Å². The Morgan fingerprint density at radius 2 is 1.90 bits per heavy atom. The molecule has 2 rings (SSSR count). The maximum atomic E-state index is 14.0. The molecule has 0 amide bonds. The Bertz CT molecular complexity index is 633. The largest absolute Gasteiger partial charge is 0.491 e. The third kappa shape index (κ3) is 3.23. The van der Waals surface area contributed by atoms with Gasteiger partial charge in [-0.1, -0.05) is 12.1 Å². The SMILES string of the molecule is CC(=O)c1ccc(F)c(-c2cccc(OC(C)C)c2)c1. The highest BCUT2D eigenvalue weighted by Crippen LogP contribution is 2.27. The highest BCUT2D eigenvalue weighted by molar-refractivity contribution is 5.95. The number of halogens is 1. The fourth-order valence-electron chi connectivity index (χ4n) is 1.97. The summed E-state index contributed by atoms with van der Waals surface area (Å²) in [6, 6.07) is 11.6. The molecule has 104 valence electrons. The number of Topliss-reactive ketones (excluding diaryl/α,β-unsaturated/α-hetero) is 1. The molecule has 0 bridgehead atoms. The van der Waals surface area contributed by atoms with Crippen molar-refractivity contribution in [2.45, 2.75) is 26.9 Å². The van der Waals surface area contributed by atoms with Crippen molar-refractivity contribution >= 4 is 5.78 Å². The van der Waals surface area contributed by atoms with Crippen LogP contribution in [-0.4, -0.2) is 11.9 Å². The highest BCUT2D eigenvalue weighted by atomic mass is 19.1. The molecule has 3 heteroatoms. The van der Waals surface area contributed by atoms with Gasteiger partial charge < -0.3 is 4.74 Å². The van der Waals surface area contributed by atoms with Crippen molar-refractivity contribution in [2.24, 2.45) is 0 Å². The molecule has 2 nitrogen and oxygen atoms in total. The van der Waals surface area contributed by atoms with E-state index >= 15 is 0 Å². The minimum Gasteiger partial charge on any atom is -0.491 e. The van der Waals surface area contributed by atoms with Gasteiger partial charge in [-0.25, -0.2) is 4.39 Å². The van der Waals surface area contributed by atoms with E-state index in [4.69, 9.17) is 4.74 Å². The molecule has 2 aromatic rings. The molecule has 0 aromatic heterocycles. The lowest BCUT2D eigenvalue weighted by atomic mass is 10.0. The van der Waals surface area contributed by atoms with Crippen LogP contribution in [0.4, 0.5) is 4.39 Å². The average molecular weight is 272 g/mol. The molecular formula is C17H17FO2. The predicted octanol–water partition coefficient (Wildman–Crippen LogP) is 4.48. The number of hydrogen-bond acceptors (Lipinski definition) is 2. The van der Waals surface area contributed by atoms with Gasteiger partial charge in [0.1, 0.15) is 11.6 Å². The fraction of sp³-hybridized carbons (Fsp3) is 0.235. The van der Waals surface area contributed by atoms with Gasteiger partial charge >= 0.3 is 0 Å². The monoisotopic (exact) mass is 272 g/mol. The second-order valence-corrected chi connectivity index (χ2v) is 4.95. The third-order valence-corrected chi connectivity index (χ3v) is 2.89. The standard InChI is InChI=1S/C17H17FO2/c1-11(2)20-15-6-4-5-14(9-15)16-10-13(12(3)19)7-8-17(16)18/h4-11H,1-3H3. The molecule has 0 radical (unpaired) electrons. The summed E-state index contributed by atoms with van der Waals surface area (Å²) in [5, 5.41) is 0. The van der Waals surface area contributed by atoms with Crippen molar-refractivity contribution in [3.63, 3.8) is 0 Å². The fourth-order valence-corrected chi connectivity index (χ4v) is 1.97. The molecule has 0 heterocycles. The maximum Gasteiger partial charge on any atom is 0.159 e. The van der Waals surface area contributed by atoms with E-state index in [0.717, 1.165) is 0 Å². The zero-order chi connectivity index (χ0) is 14.7. The van der Waals surface area contributed by atoms with Gasteiger partial charge in [0.05, 0.1) is 6.10 Å². The van der Waals surface area contributed by atoms with E-state index in [9.17, 15) is 9.18 Å². The highest BCUT2D eigenvalue weighted by Gasteiger charge is 2.10. The van der Waals surface area contributed by atoms with Crippen LogP contribution in [0.5, 0.6) is 5.75 Å². The van der Waals surface area contributed by atoms with Crippen LogP contribution in [0.3, 0.4) is 0 Å². The van der Waals surface area contributed by atoms with Crippen LogP contribution in [0, 0.1) is 5.82 Å². The minimum absolute atomic E-state index is 0.0543. The first-order valence-corrected chi connectivity index (χ1v) is 6.55. The van der Waals surface area contributed by atoms with Crippen LogP contribution in [0.1, 0.15) is 31.1 Å². The number of carbonyl (C=O) groups is 1. The summed E-state index contributed by atoms with van der Waals surface area (Å²) in [6.07, 6.45) is 0.0543. The molecule has 0 N–H and O–H groups in total. The number of carbonyl (C=O) groups excluding carboxylic acids is 1. The van der Waals surface area contributed by atoms with E-state index in [1.54, 1.807) is 18.2 Å². The summed E-state index contributed by atoms with van der Waals surface area (Å²) in [6.45, 7) is 5.34. The first-order chi connectivity index (χ1) is 9.47. The van der Waals surface area contributed by atoms with Crippen LogP contribution in [0.2, 0.25) is 0 Å². The summed E-state index contributed by atoms with van der Waals surface area (Å²) in [5.41, 5.74) is 1.60. The van der Waals surface area contributed by atoms with E-state index in [0.29, 0.717) is 22.4 Å². The molecular weight excluding hydrogens is 255 g/mol. The number of benzene rings is 2. The summed E-state index contributed by atoms with van der Waals surface area (Å²) in [7, 11) is 0. The molecule has 0 saturated carbocycles. The van der Waals surface area contributed by atoms with E-state index in [1.165, 1.54) is 19.1 Å². The molecule has 0 saturated heterocycles. The Morgan fingerprint density at radius 1 is 1.15 bits per heavy atom. The first-order valence-electron chi connectivity index (χ1n) is 6.55. The van der Waals surface area contributed by atoms with Crippen molar-refractivity contribution in [3.8, 4) is 16.9 Å². The van der Waals surface area contributed by atoms with Gasteiger partial charge in [0, 0.05) is 11.1 Å². The first kappa shape index (κ1) is 14.3. The normalized spacial score (nSPS) is 10.7. The summed E-state index contributed by atoms with van der Waals surface area (Å²) < 4.78 is 19.6. The van der Waals surface area contributed by atoms with Gasteiger partial charge in [0.15, 0.2) is 5.78 Å². The van der Waals surface area contributed by atoms with Crippen molar-refractivity contribution in [1.29, 1.82) is 0 Å². The number of rotatable bonds is 4. The zero-order valence-corrected chi connectivity index (χ0v) is 11.8. The quantitative estimate of drug-likeness (QED) is 0.767. The second kappa shape index (κ2) is 5.87. The molecule has 0 unspecified atom stereocenters. The summed E-state index contributed by atoms with van der Waals surface area (Å²) in [5.74, 6) is 0.252. The van der Waals surface area contributed by atoms with Gasteiger partial charge in [0.2, 0.25) is 0 Å². The van der Waals surface area contributed by atoms with Gasteiger partial charge in [-0.3, -0.25) is 4.79 Å². The Labute approximate surface area is 118 Å². The van der Waals surface area contributed by atoms with Gasteiger partial charge in [-0.15, -0.1) is 0 Å². The van der Waals surface area contributed by atoms with E-state index in [-0.39, 0.29) is 17.7 Å². The van der Waals surface area contributed by atoms with Crippen LogP contribution in [0.25, 0.3) is 11.1 Å². The molecule has 0 spiro atoms. The molecule has 0 aliphatic carbocycles. The lowest BCUT2D eigenvalue weighted by molar-refractivity contribution is 0.101. The van der Waals surface area contributed by atoms with Crippen molar-refractivity contribution in [2.75, 3.05) is 0 Å². The van der Waals surface area contributed by atoms with Crippen molar-refractivity contribution < 1.29 is 13.9 Å².